The second-order valence-corrected chi connectivity index (χ2v) is 5.81. The summed E-state index contributed by atoms with van der Waals surface area (Å²) >= 11 is 0. The van der Waals surface area contributed by atoms with Crippen molar-refractivity contribution in [1.29, 1.82) is 0 Å². The topological polar surface area (TPSA) is 86.1 Å². The number of hydrogen-bond acceptors (Lipinski definition) is 4. The molecule has 0 aliphatic rings. The van der Waals surface area contributed by atoms with Crippen LogP contribution in [0.15, 0.2) is 65.5 Å². The Morgan fingerprint density at radius 3 is 2.81 bits per heavy atom. The number of halogens is 1. The molecule has 2 aromatic carbocycles. The molecule has 0 bridgehead atoms. The van der Waals surface area contributed by atoms with Gasteiger partial charge in [0.25, 0.3) is 0 Å². The van der Waals surface area contributed by atoms with E-state index in [1.165, 1.54) is 30.7 Å². The quantitative estimate of drug-likeness (QED) is 0.588. The number of benzene rings is 2. The third-order valence-corrected chi connectivity index (χ3v) is 4.00. The minimum absolute atomic E-state index is 0.00300. The molecule has 0 atom stereocenters. The lowest BCUT2D eigenvalue weighted by Crippen LogP contribution is -2.19. The highest BCUT2D eigenvalue weighted by atomic mass is 19.1. The van der Waals surface area contributed by atoms with E-state index in [1.54, 1.807) is 10.6 Å². The summed E-state index contributed by atoms with van der Waals surface area (Å²) in [5.41, 5.74) is 8.91. The number of carbonyl (C=O) groups excluding carboxylic acids is 1. The number of nitrogens with one attached hydrogen (secondary N) is 1. The first-order chi connectivity index (χ1) is 12.6. The van der Waals surface area contributed by atoms with Crippen LogP contribution < -0.4 is 11.1 Å². The molecule has 26 heavy (non-hydrogen) atoms. The minimum Gasteiger partial charge on any atom is -0.470 e. The molecule has 0 saturated heterocycles. The zero-order valence-electron chi connectivity index (χ0n) is 13.6. The number of imidazole rings is 1. The molecule has 2 heterocycles. The fourth-order valence-corrected chi connectivity index (χ4v) is 2.84. The van der Waals surface area contributed by atoms with Crippen molar-refractivity contribution >= 4 is 28.3 Å². The van der Waals surface area contributed by atoms with Gasteiger partial charge in [0.1, 0.15) is 30.7 Å². The molecule has 0 fully saturated rings. The standard InChI is InChI=1S/C19H15FN4O2/c20-12-4-3-5-13(8-12)22-18(25)9-24-17-7-2-1-6-16(17)23-19(24)14-10-26-11-15(14)21/h1-8,10-11H,9,21H2,(H,22,25). The number of rotatable bonds is 4. The molecule has 0 radical (unpaired) electrons. The van der Waals surface area contributed by atoms with Crippen molar-refractivity contribution in [2.45, 2.75) is 6.54 Å². The average molecular weight is 350 g/mol. The number of furan rings is 1. The van der Waals surface area contributed by atoms with Gasteiger partial charge in [-0.1, -0.05) is 18.2 Å². The molecular formula is C19H15FN4O2. The molecule has 130 valence electrons. The number of anilines is 2. The number of para-hydroxylation sites is 2. The highest BCUT2D eigenvalue weighted by Crippen LogP contribution is 2.29. The zero-order chi connectivity index (χ0) is 18.1. The summed E-state index contributed by atoms with van der Waals surface area (Å²) in [5.74, 6) is -0.184. The summed E-state index contributed by atoms with van der Waals surface area (Å²) in [5, 5.41) is 2.69. The number of carbonyl (C=O) groups is 1. The second-order valence-electron chi connectivity index (χ2n) is 5.81. The Balaban J connectivity index is 1.71. The molecule has 7 heteroatoms. The van der Waals surface area contributed by atoms with Gasteiger partial charge in [0.05, 0.1) is 22.3 Å². The van der Waals surface area contributed by atoms with Gasteiger partial charge in [-0.3, -0.25) is 4.79 Å². The highest BCUT2D eigenvalue weighted by Gasteiger charge is 2.18. The predicted molar refractivity (Wildman–Crippen MR) is 96.9 cm³/mol. The van der Waals surface area contributed by atoms with Gasteiger partial charge < -0.3 is 20.0 Å². The fourth-order valence-electron chi connectivity index (χ4n) is 2.84. The number of fused-ring (bicyclic) bond motifs is 1. The lowest BCUT2D eigenvalue weighted by atomic mass is 10.2. The number of nitrogen functional groups attached to an aromatic ring is 1. The molecule has 1 amide bonds. The monoisotopic (exact) mass is 350 g/mol. The van der Waals surface area contributed by atoms with E-state index >= 15 is 0 Å². The van der Waals surface area contributed by atoms with E-state index in [4.69, 9.17) is 10.2 Å². The summed E-state index contributed by atoms with van der Waals surface area (Å²) in [7, 11) is 0. The molecule has 6 nitrogen and oxygen atoms in total. The fraction of sp³-hybridized carbons (Fsp3) is 0.0526. The van der Waals surface area contributed by atoms with Gasteiger partial charge in [-0.25, -0.2) is 9.37 Å². The van der Waals surface area contributed by atoms with E-state index in [1.807, 2.05) is 24.3 Å². The summed E-state index contributed by atoms with van der Waals surface area (Å²) in [6.07, 6.45) is 2.92. The lowest BCUT2D eigenvalue weighted by molar-refractivity contribution is -0.116. The van der Waals surface area contributed by atoms with Crippen LogP contribution in [-0.2, 0) is 11.3 Å². The minimum atomic E-state index is -0.414. The molecule has 0 unspecified atom stereocenters. The molecule has 4 aromatic rings. The van der Waals surface area contributed by atoms with E-state index in [2.05, 4.69) is 10.3 Å². The highest BCUT2D eigenvalue weighted by molar-refractivity contribution is 5.93. The van der Waals surface area contributed by atoms with Crippen molar-refractivity contribution in [1.82, 2.24) is 9.55 Å². The summed E-state index contributed by atoms with van der Waals surface area (Å²) in [6.45, 7) is -0.00300. The summed E-state index contributed by atoms with van der Waals surface area (Å²) in [4.78, 5) is 17.1. The maximum Gasteiger partial charge on any atom is 0.244 e. The van der Waals surface area contributed by atoms with E-state index in [0.717, 1.165) is 11.0 Å². The van der Waals surface area contributed by atoms with E-state index in [0.29, 0.717) is 22.8 Å². The Morgan fingerprint density at radius 2 is 2.04 bits per heavy atom. The van der Waals surface area contributed by atoms with Gasteiger partial charge in [-0.15, -0.1) is 0 Å². The van der Waals surface area contributed by atoms with Gasteiger partial charge in [0.15, 0.2) is 0 Å². The van der Waals surface area contributed by atoms with Crippen molar-refractivity contribution in [3.63, 3.8) is 0 Å². The molecule has 0 saturated carbocycles. The summed E-state index contributed by atoms with van der Waals surface area (Å²) < 4.78 is 20.2. The first-order valence-corrected chi connectivity index (χ1v) is 7.94. The lowest BCUT2D eigenvalue weighted by Gasteiger charge is -2.10. The maximum atomic E-state index is 13.3. The van der Waals surface area contributed by atoms with Gasteiger partial charge in [0, 0.05) is 5.69 Å². The normalized spacial score (nSPS) is 11.0. The van der Waals surface area contributed by atoms with Gasteiger partial charge in [-0.05, 0) is 30.3 Å². The van der Waals surface area contributed by atoms with Crippen LogP contribution in [0.25, 0.3) is 22.4 Å². The van der Waals surface area contributed by atoms with Gasteiger partial charge >= 0.3 is 0 Å². The van der Waals surface area contributed by atoms with Crippen molar-refractivity contribution in [3.8, 4) is 11.4 Å². The van der Waals surface area contributed by atoms with Crippen molar-refractivity contribution in [2.75, 3.05) is 11.1 Å². The van der Waals surface area contributed by atoms with Gasteiger partial charge in [0.2, 0.25) is 5.91 Å². The number of nitrogens with zero attached hydrogens (tertiary/aromatic N) is 2. The number of amides is 1. The largest absolute Gasteiger partial charge is 0.470 e. The van der Waals surface area contributed by atoms with Crippen LogP contribution in [0.4, 0.5) is 15.8 Å². The van der Waals surface area contributed by atoms with Crippen LogP contribution in [-0.4, -0.2) is 15.5 Å². The van der Waals surface area contributed by atoms with Crippen LogP contribution in [0.5, 0.6) is 0 Å². The van der Waals surface area contributed by atoms with Crippen LogP contribution in [0.1, 0.15) is 0 Å². The molecule has 3 N–H and O–H groups in total. The van der Waals surface area contributed by atoms with Crippen LogP contribution in [0, 0.1) is 5.82 Å². The first kappa shape index (κ1) is 15.9. The predicted octanol–water partition coefficient (Wildman–Crippen LogP) is 3.66. The van der Waals surface area contributed by atoms with Crippen molar-refractivity contribution in [3.05, 3.63) is 66.9 Å². The first-order valence-electron chi connectivity index (χ1n) is 7.94. The van der Waals surface area contributed by atoms with Gasteiger partial charge in [-0.2, -0.15) is 0 Å². The van der Waals surface area contributed by atoms with Crippen LogP contribution >= 0.6 is 0 Å². The number of nitrogens with two attached hydrogens (primary N) is 1. The van der Waals surface area contributed by atoms with Crippen LogP contribution in [0.2, 0.25) is 0 Å². The second kappa shape index (κ2) is 6.36. The Labute approximate surface area is 148 Å². The molecule has 4 rings (SSSR count). The number of hydrogen-bond donors (Lipinski definition) is 2. The Kier molecular flexibility index (Phi) is 3.89. The van der Waals surface area contributed by atoms with Crippen LogP contribution in [0.3, 0.4) is 0 Å². The Morgan fingerprint density at radius 1 is 1.19 bits per heavy atom. The number of aromatic nitrogens is 2. The molecular weight excluding hydrogens is 335 g/mol. The van der Waals surface area contributed by atoms with E-state index < -0.39 is 5.82 Å². The SMILES string of the molecule is Nc1cocc1-c1nc2ccccc2n1CC(=O)Nc1cccc(F)c1. The molecule has 0 spiro atoms. The van der Waals surface area contributed by atoms with E-state index in [-0.39, 0.29) is 12.5 Å². The van der Waals surface area contributed by atoms with Crippen molar-refractivity contribution < 1.29 is 13.6 Å². The maximum absolute atomic E-state index is 13.3. The average Bonchev–Trinajstić information content (AvgIpc) is 3.18. The smallest absolute Gasteiger partial charge is 0.244 e. The summed E-state index contributed by atoms with van der Waals surface area (Å²) in [6, 6.07) is 13.2. The van der Waals surface area contributed by atoms with E-state index in [9.17, 15) is 9.18 Å². The molecule has 0 aliphatic carbocycles. The Hall–Kier alpha value is -3.61. The Bertz CT molecular complexity index is 1100. The molecule has 0 aliphatic heterocycles. The third kappa shape index (κ3) is 2.90. The van der Waals surface area contributed by atoms with Crippen molar-refractivity contribution in [2.24, 2.45) is 0 Å². The third-order valence-electron chi connectivity index (χ3n) is 4.00. The zero-order valence-corrected chi connectivity index (χ0v) is 13.6. The molecule has 2 aromatic heterocycles.